The molecule has 0 radical (unpaired) electrons. The SMILES string of the molecule is O=C(O)c1ccc(C(=O)NCc2cccc(NC(=O)C3CCC3)c2)o1. The molecular weight excluding hydrogens is 324 g/mol. The average molecular weight is 342 g/mol. The van der Waals surface area contributed by atoms with E-state index in [-0.39, 0.29) is 29.9 Å². The average Bonchev–Trinajstić information content (AvgIpc) is 3.01. The molecule has 25 heavy (non-hydrogen) atoms. The first kappa shape index (κ1) is 16.8. The van der Waals surface area contributed by atoms with E-state index in [1.165, 1.54) is 12.1 Å². The minimum atomic E-state index is -1.23. The first-order chi connectivity index (χ1) is 12.0. The second kappa shape index (κ2) is 7.21. The van der Waals surface area contributed by atoms with Crippen LogP contribution in [0.3, 0.4) is 0 Å². The number of carboxylic acid groups (broad SMARTS) is 1. The number of carbonyl (C=O) groups is 3. The number of nitrogens with one attached hydrogen (secondary N) is 2. The summed E-state index contributed by atoms with van der Waals surface area (Å²) in [6.45, 7) is 0.231. The fraction of sp³-hybridized carbons (Fsp3) is 0.278. The molecular formula is C18H18N2O5. The van der Waals surface area contributed by atoms with Gasteiger partial charge in [0.15, 0.2) is 5.76 Å². The van der Waals surface area contributed by atoms with Crippen LogP contribution in [0.1, 0.15) is 45.9 Å². The number of amides is 2. The van der Waals surface area contributed by atoms with Crippen molar-refractivity contribution in [1.82, 2.24) is 5.32 Å². The number of benzene rings is 1. The van der Waals surface area contributed by atoms with Crippen LogP contribution in [0.4, 0.5) is 5.69 Å². The van der Waals surface area contributed by atoms with Crippen LogP contribution in [0.2, 0.25) is 0 Å². The van der Waals surface area contributed by atoms with Gasteiger partial charge in [0.05, 0.1) is 0 Å². The monoisotopic (exact) mass is 342 g/mol. The third-order valence-electron chi connectivity index (χ3n) is 4.16. The Morgan fingerprint density at radius 1 is 1.12 bits per heavy atom. The fourth-order valence-corrected chi connectivity index (χ4v) is 2.52. The molecule has 0 unspecified atom stereocenters. The van der Waals surface area contributed by atoms with Crippen LogP contribution in [0.15, 0.2) is 40.8 Å². The third kappa shape index (κ3) is 4.06. The molecule has 3 rings (SSSR count). The highest BCUT2D eigenvalue weighted by Gasteiger charge is 2.25. The summed E-state index contributed by atoms with van der Waals surface area (Å²) in [5, 5.41) is 14.3. The van der Waals surface area contributed by atoms with Gasteiger partial charge in [-0.1, -0.05) is 18.6 Å². The molecule has 0 saturated heterocycles. The molecule has 1 fully saturated rings. The minimum Gasteiger partial charge on any atom is -0.475 e. The Bertz CT molecular complexity index is 807. The van der Waals surface area contributed by atoms with Gasteiger partial charge in [0.25, 0.3) is 5.91 Å². The van der Waals surface area contributed by atoms with E-state index in [1.54, 1.807) is 18.2 Å². The summed E-state index contributed by atoms with van der Waals surface area (Å²) in [5.74, 6) is -1.95. The minimum absolute atomic E-state index is 0.0317. The normalized spacial score (nSPS) is 13.8. The van der Waals surface area contributed by atoms with Crippen molar-refractivity contribution in [3.8, 4) is 0 Å². The van der Waals surface area contributed by atoms with Crippen molar-refractivity contribution in [2.24, 2.45) is 5.92 Å². The molecule has 2 amide bonds. The third-order valence-corrected chi connectivity index (χ3v) is 4.16. The maximum atomic E-state index is 12.0. The Balaban J connectivity index is 1.57. The van der Waals surface area contributed by atoms with E-state index in [0.29, 0.717) is 5.69 Å². The van der Waals surface area contributed by atoms with E-state index in [4.69, 9.17) is 9.52 Å². The molecule has 0 bridgehead atoms. The molecule has 7 heteroatoms. The Morgan fingerprint density at radius 2 is 1.88 bits per heavy atom. The van der Waals surface area contributed by atoms with E-state index < -0.39 is 11.9 Å². The summed E-state index contributed by atoms with van der Waals surface area (Å²) in [7, 11) is 0. The lowest BCUT2D eigenvalue weighted by molar-refractivity contribution is -0.122. The van der Waals surface area contributed by atoms with Crippen molar-refractivity contribution in [1.29, 1.82) is 0 Å². The van der Waals surface area contributed by atoms with Crippen molar-refractivity contribution in [2.45, 2.75) is 25.8 Å². The highest BCUT2D eigenvalue weighted by atomic mass is 16.4. The zero-order chi connectivity index (χ0) is 17.8. The predicted molar refractivity (Wildman–Crippen MR) is 89.3 cm³/mol. The Kier molecular flexibility index (Phi) is 4.83. The zero-order valence-corrected chi connectivity index (χ0v) is 13.5. The highest BCUT2D eigenvalue weighted by Crippen LogP contribution is 2.27. The summed E-state index contributed by atoms with van der Waals surface area (Å²) in [5.41, 5.74) is 1.50. The van der Waals surface area contributed by atoms with Crippen molar-refractivity contribution in [3.05, 3.63) is 53.5 Å². The molecule has 3 N–H and O–H groups in total. The van der Waals surface area contributed by atoms with E-state index in [9.17, 15) is 14.4 Å². The number of hydrogen-bond donors (Lipinski definition) is 3. The molecule has 1 heterocycles. The lowest BCUT2D eigenvalue weighted by atomic mass is 9.85. The Morgan fingerprint density at radius 3 is 2.52 bits per heavy atom. The molecule has 0 spiro atoms. The summed E-state index contributed by atoms with van der Waals surface area (Å²) >= 11 is 0. The van der Waals surface area contributed by atoms with Crippen LogP contribution in [0.25, 0.3) is 0 Å². The second-order valence-electron chi connectivity index (χ2n) is 5.97. The summed E-state index contributed by atoms with van der Waals surface area (Å²) in [6.07, 6.45) is 2.96. The van der Waals surface area contributed by atoms with Crippen molar-refractivity contribution in [2.75, 3.05) is 5.32 Å². The molecule has 1 saturated carbocycles. The van der Waals surface area contributed by atoms with E-state index in [1.807, 2.05) is 6.07 Å². The number of rotatable bonds is 6. The number of carboxylic acids is 1. The quantitative estimate of drug-likeness (QED) is 0.748. The molecule has 1 aromatic carbocycles. The molecule has 0 atom stereocenters. The van der Waals surface area contributed by atoms with Crippen molar-refractivity contribution in [3.63, 3.8) is 0 Å². The number of hydrogen-bond acceptors (Lipinski definition) is 4. The van der Waals surface area contributed by atoms with Crippen LogP contribution < -0.4 is 10.6 Å². The molecule has 7 nitrogen and oxygen atoms in total. The van der Waals surface area contributed by atoms with Crippen LogP contribution in [0.5, 0.6) is 0 Å². The lowest BCUT2D eigenvalue weighted by Crippen LogP contribution is -2.28. The molecule has 130 valence electrons. The van der Waals surface area contributed by atoms with Gasteiger partial charge in [-0.3, -0.25) is 9.59 Å². The summed E-state index contributed by atoms with van der Waals surface area (Å²) in [4.78, 5) is 34.7. The van der Waals surface area contributed by atoms with Gasteiger partial charge >= 0.3 is 5.97 Å². The Labute approximate surface area is 144 Å². The molecule has 2 aromatic rings. The van der Waals surface area contributed by atoms with Crippen LogP contribution in [-0.2, 0) is 11.3 Å². The molecule has 0 aliphatic heterocycles. The van der Waals surface area contributed by atoms with Gasteiger partial charge in [-0.25, -0.2) is 4.79 Å². The summed E-state index contributed by atoms with van der Waals surface area (Å²) in [6, 6.07) is 9.76. The van der Waals surface area contributed by atoms with E-state index in [2.05, 4.69) is 10.6 Å². The predicted octanol–water partition coefficient (Wildman–Crippen LogP) is 2.65. The van der Waals surface area contributed by atoms with Crippen LogP contribution >= 0.6 is 0 Å². The number of anilines is 1. The number of furan rings is 1. The smallest absolute Gasteiger partial charge is 0.371 e. The molecule has 1 aromatic heterocycles. The first-order valence-electron chi connectivity index (χ1n) is 8.04. The zero-order valence-electron chi connectivity index (χ0n) is 13.5. The molecule has 1 aliphatic rings. The van der Waals surface area contributed by atoms with Gasteiger partial charge in [-0.05, 0) is 42.7 Å². The van der Waals surface area contributed by atoms with Crippen LogP contribution in [0, 0.1) is 5.92 Å². The Hall–Kier alpha value is -3.09. The van der Waals surface area contributed by atoms with Crippen molar-refractivity contribution < 1.29 is 23.9 Å². The number of carbonyl (C=O) groups excluding carboxylic acids is 2. The van der Waals surface area contributed by atoms with Crippen molar-refractivity contribution >= 4 is 23.5 Å². The highest BCUT2D eigenvalue weighted by molar-refractivity contribution is 5.94. The van der Waals surface area contributed by atoms with E-state index in [0.717, 1.165) is 24.8 Å². The van der Waals surface area contributed by atoms with Gasteiger partial charge < -0.3 is 20.2 Å². The maximum absolute atomic E-state index is 12.0. The second-order valence-corrected chi connectivity index (χ2v) is 5.97. The standard InChI is InChI=1S/C18H18N2O5/c21-16(12-4-2-5-12)20-13-6-1-3-11(9-13)10-19-17(22)14-7-8-15(25-14)18(23)24/h1,3,6-9,12H,2,4-5,10H2,(H,19,22)(H,20,21)(H,23,24). The first-order valence-corrected chi connectivity index (χ1v) is 8.04. The van der Waals surface area contributed by atoms with Gasteiger partial charge in [-0.15, -0.1) is 0 Å². The van der Waals surface area contributed by atoms with Crippen LogP contribution in [-0.4, -0.2) is 22.9 Å². The number of aromatic carboxylic acids is 1. The maximum Gasteiger partial charge on any atom is 0.371 e. The topological polar surface area (TPSA) is 109 Å². The van der Waals surface area contributed by atoms with Gasteiger partial charge in [-0.2, -0.15) is 0 Å². The van der Waals surface area contributed by atoms with Gasteiger partial charge in [0, 0.05) is 18.2 Å². The van der Waals surface area contributed by atoms with Gasteiger partial charge in [0.1, 0.15) is 0 Å². The lowest BCUT2D eigenvalue weighted by Gasteiger charge is -2.24. The largest absolute Gasteiger partial charge is 0.475 e. The fourth-order valence-electron chi connectivity index (χ4n) is 2.52. The summed E-state index contributed by atoms with van der Waals surface area (Å²) < 4.78 is 4.95. The van der Waals surface area contributed by atoms with Gasteiger partial charge in [0.2, 0.25) is 11.7 Å². The van der Waals surface area contributed by atoms with E-state index >= 15 is 0 Å². The molecule has 1 aliphatic carbocycles.